The molecule has 33 heavy (non-hydrogen) atoms. The van der Waals surface area contributed by atoms with Crippen molar-refractivity contribution < 1.29 is 9.53 Å². The summed E-state index contributed by atoms with van der Waals surface area (Å²) in [5.74, 6) is 1.43. The standard InChI is InChI=1S/C26H25N5O2/c1-18-21(25-28-17-23(29-25)19-6-3-2-4-7-19)8-5-9-22(18)30-26(32)20-10-11-24(27-16-20)31-12-14-33-15-13-31/h2-11,16-17H,12-15H2,1H3,(H,28,29)(H,30,32). The monoisotopic (exact) mass is 439 g/mol. The Kier molecular flexibility index (Phi) is 5.87. The lowest BCUT2D eigenvalue weighted by Gasteiger charge is -2.27. The molecule has 7 heteroatoms. The highest BCUT2D eigenvalue weighted by molar-refractivity contribution is 6.05. The van der Waals surface area contributed by atoms with Crippen LogP contribution in [-0.2, 0) is 4.74 Å². The number of hydrogen-bond donors (Lipinski definition) is 2. The molecule has 1 amide bonds. The van der Waals surface area contributed by atoms with Crippen molar-refractivity contribution in [2.75, 3.05) is 36.5 Å². The molecular formula is C26H25N5O2. The lowest BCUT2D eigenvalue weighted by Crippen LogP contribution is -2.36. The van der Waals surface area contributed by atoms with E-state index < -0.39 is 0 Å². The van der Waals surface area contributed by atoms with Crippen molar-refractivity contribution in [2.24, 2.45) is 0 Å². The van der Waals surface area contributed by atoms with E-state index in [1.54, 1.807) is 6.20 Å². The number of aromatic nitrogens is 3. The molecule has 0 aliphatic carbocycles. The summed E-state index contributed by atoms with van der Waals surface area (Å²) in [7, 11) is 0. The number of aromatic amines is 1. The second kappa shape index (κ2) is 9.26. The molecule has 1 aliphatic rings. The zero-order valence-electron chi connectivity index (χ0n) is 18.4. The van der Waals surface area contributed by atoms with Crippen molar-refractivity contribution in [2.45, 2.75) is 6.92 Å². The molecule has 4 aromatic rings. The molecule has 7 nitrogen and oxygen atoms in total. The molecule has 0 bridgehead atoms. The molecule has 0 atom stereocenters. The Morgan fingerprint density at radius 3 is 2.61 bits per heavy atom. The molecule has 1 aliphatic heterocycles. The van der Waals surface area contributed by atoms with Gasteiger partial charge in [-0.2, -0.15) is 0 Å². The average Bonchev–Trinajstić information content (AvgIpc) is 3.37. The SMILES string of the molecule is Cc1c(NC(=O)c2ccc(N3CCOCC3)nc2)cccc1-c1nc(-c2ccccc2)c[nH]1. The maximum absolute atomic E-state index is 12.9. The first kappa shape index (κ1) is 20.9. The predicted octanol–water partition coefficient (Wildman–Crippen LogP) is 4.54. The second-order valence-corrected chi connectivity index (χ2v) is 7.94. The summed E-state index contributed by atoms with van der Waals surface area (Å²) in [6.45, 7) is 4.99. The normalized spacial score (nSPS) is 13.7. The largest absolute Gasteiger partial charge is 0.378 e. The van der Waals surface area contributed by atoms with Gasteiger partial charge in [-0.25, -0.2) is 9.97 Å². The first-order chi connectivity index (χ1) is 16.2. The fourth-order valence-electron chi connectivity index (χ4n) is 3.94. The van der Waals surface area contributed by atoms with Crippen LogP contribution < -0.4 is 10.2 Å². The third kappa shape index (κ3) is 4.49. The molecule has 5 rings (SSSR count). The molecule has 166 valence electrons. The van der Waals surface area contributed by atoms with E-state index in [2.05, 4.69) is 20.2 Å². The summed E-state index contributed by atoms with van der Waals surface area (Å²) in [6, 6.07) is 19.5. The number of H-pyrrole nitrogens is 1. The van der Waals surface area contributed by atoms with Crippen molar-refractivity contribution in [3.63, 3.8) is 0 Å². The van der Waals surface area contributed by atoms with Crippen LogP contribution in [0.4, 0.5) is 11.5 Å². The van der Waals surface area contributed by atoms with Gasteiger partial charge in [-0.3, -0.25) is 4.79 Å². The van der Waals surface area contributed by atoms with E-state index in [1.165, 1.54) is 0 Å². The fourth-order valence-corrected chi connectivity index (χ4v) is 3.94. The summed E-state index contributed by atoms with van der Waals surface area (Å²) in [4.78, 5) is 27.5. The van der Waals surface area contributed by atoms with E-state index in [4.69, 9.17) is 9.72 Å². The molecule has 2 aromatic heterocycles. The number of imidazole rings is 1. The van der Waals surface area contributed by atoms with Crippen LogP contribution in [0.15, 0.2) is 73.1 Å². The van der Waals surface area contributed by atoms with Crippen LogP contribution in [0, 0.1) is 6.92 Å². The number of pyridine rings is 1. The Morgan fingerprint density at radius 2 is 1.85 bits per heavy atom. The quantitative estimate of drug-likeness (QED) is 0.477. The van der Waals surface area contributed by atoms with Gasteiger partial charge in [0.2, 0.25) is 0 Å². The molecular weight excluding hydrogens is 414 g/mol. The number of carbonyl (C=O) groups is 1. The number of hydrogen-bond acceptors (Lipinski definition) is 5. The molecule has 1 saturated heterocycles. The van der Waals surface area contributed by atoms with Gasteiger partial charge in [0.15, 0.2) is 0 Å². The van der Waals surface area contributed by atoms with Crippen molar-refractivity contribution >= 4 is 17.4 Å². The molecule has 3 heterocycles. The van der Waals surface area contributed by atoms with Gasteiger partial charge >= 0.3 is 0 Å². The Bertz CT molecular complexity index is 1250. The van der Waals surface area contributed by atoms with Crippen LogP contribution in [-0.4, -0.2) is 47.2 Å². The number of carbonyl (C=O) groups excluding carboxylic acids is 1. The summed E-state index contributed by atoms with van der Waals surface area (Å²) < 4.78 is 5.39. The van der Waals surface area contributed by atoms with E-state index in [0.717, 1.165) is 52.8 Å². The van der Waals surface area contributed by atoms with Crippen molar-refractivity contribution in [1.82, 2.24) is 15.0 Å². The fraction of sp³-hybridized carbons (Fsp3) is 0.192. The lowest BCUT2D eigenvalue weighted by molar-refractivity contribution is 0.102. The van der Waals surface area contributed by atoms with Gasteiger partial charge in [0.05, 0.1) is 24.5 Å². The van der Waals surface area contributed by atoms with Gasteiger partial charge in [0.25, 0.3) is 5.91 Å². The van der Waals surface area contributed by atoms with E-state index in [0.29, 0.717) is 18.8 Å². The third-order valence-corrected chi connectivity index (χ3v) is 5.83. The number of ether oxygens (including phenoxy) is 1. The third-order valence-electron chi connectivity index (χ3n) is 5.83. The number of nitrogens with zero attached hydrogens (tertiary/aromatic N) is 3. The smallest absolute Gasteiger partial charge is 0.257 e. The van der Waals surface area contributed by atoms with Gasteiger partial charge in [-0.05, 0) is 30.7 Å². The Balaban J connectivity index is 1.33. The first-order valence-corrected chi connectivity index (χ1v) is 11.0. The van der Waals surface area contributed by atoms with Crippen molar-refractivity contribution in [3.8, 4) is 22.6 Å². The van der Waals surface area contributed by atoms with Gasteiger partial charge in [0.1, 0.15) is 11.6 Å². The van der Waals surface area contributed by atoms with Gasteiger partial charge in [-0.15, -0.1) is 0 Å². The summed E-state index contributed by atoms with van der Waals surface area (Å²) >= 11 is 0. The zero-order valence-corrected chi connectivity index (χ0v) is 18.4. The molecule has 2 N–H and O–H groups in total. The summed E-state index contributed by atoms with van der Waals surface area (Å²) in [5, 5.41) is 3.02. The maximum Gasteiger partial charge on any atom is 0.257 e. The molecule has 2 aromatic carbocycles. The van der Waals surface area contributed by atoms with Crippen molar-refractivity contribution in [3.05, 3.63) is 84.2 Å². The Morgan fingerprint density at radius 1 is 1.03 bits per heavy atom. The number of nitrogens with one attached hydrogen (secondary N) is 2. The highest BCUT2D eigenvalue weighted by atomic mass is 16.5. The predicted molar refractivity (Wildman–Crippen MR) is 129 cm³/mol. The number of anilines is 2. The minimum Gasteiger partial charge on any atom is -0.378 e. The number of amides is 1. The van der Waals surface area contributed by atoms with E-state index in [-0.39, 0.29) is 5.91 Å². The topological polar surface area (TPSA) is 83.1 Å². The minimum absolute atomic E-state index is 0.194. The molecule has 1 fully saturated rings. The minimum atomic E-state index is -0.194. The summed E-state index contributed by atoms with van der Waals surface area (Å²) in [5.41, 5.74) is 5.07. The van der Waals surface area contributed by atoms with Gasteiger partial charge in [0, 0.05) is 42.3 Å². The van der Waals surface area contributed by atoms with Crippen molar-refractivity contribution in [1.29, 1.82) is 0 Å². The van der Waals surface area contributed by atoms with Crippen LogP contribution in [0.1, 0.15) is 15.9 Å². The number of rotatable bonds is 5. The highest BCUT2D eigenvalue weighted by Gasteiger charge is 2.15. The highest BCUT2D eigenvalue weighted by Crippen LogP contribution is 2.29. The Labute approximate surface area is 192 Å². The van der Waals surface area contributed by atoms with E-state index >= 15 is 0 Å². The first-order valence-electron chi connectivity index (χ1n) is 11.0. The molecule has 0 saturated carbocycles. The maximum atomic E-state index is 12.9. The van der Waals surface area contributed by atoms with Crippen LogP contribution in [0.25, 0.3) is 22.6 Å². The zero-order chi connectivity index (χ0) is 22.6. The number of morpholine rings is 1. The van der Waals surface area contributed by atoms with E-state index in [1.807, 2.05) is 73.8 Å². The summed E-state index contributed by atoms with van der Waals surface area (Å²) in [6.07, 6.45) is 3.52. The van der Waals surface area contributed by atoms with Crippen LogP contribution in [0.2, 0.25) is 0 Å². The van der Waals surface area contributed by atoms with E-state index in [9.17, 15) is 4.79 Å². The van der Waals surface area contributed by atoms with Crippen LogP contribution in [0.5, 0.6) is 0 Å². The van der Waals surface area contributed by atoms with Crippen LogP contribution in [0.3, 0.4) is 0 Å². The van der Waals surface area contributed by atoms with Gasteiger partial charge in [-0.1, -0.05) is 42.5 Å². The second-order valence-electron chi connectivity index (χ2n) is 7.94. The average molecular weight is 440 g/mol. The van der Waals surface area contributed by atoms with Crippen LogP contribution >= 0.6 is 0 Å². The molecule has 0 spiro atoms. The number of benzene rings is 2. The molecule has 0 unspecified atom stereocenters. The Hall–Kier alpha value is -3.97. The lowest BCUT2D eigenvalue weighted by atomic mass is 10.1. The molecule has 0 radical (unpaired) electrons. The van der Waals surface area contributed by atoms with Gasteiger partial charge < -0.3 is 19.9 Å².